The maximum atomic E-state index is 10.6. The van der Waals surface area contributed by atoms with E-state index in [-0.39, 0.29) is 5.92 Å². The van der Waals surface area contributed by atoms with Gasteiger partial charge in [-0.3, -0.25) is 4.72 Å². The fourth-order valence-electron chi connectivity index (χ4n) is 2.26. The number of aldehydes is 1. The lowest BCUT2D eigenvalue weighted by molar-refractivity contribution is -0.110. The molecule has 1 aromatic carbocycles. The molecular weight excluding hydrogens is 290 g/mol. The molecule has 0 aromatic heterocycles. The van der Waals surface area contributed by atoms with Gasteiger partial charge >= 0.3 is 0 Å². The van der Waals surface area contributed by atoms with Crippen LogP contribution in [-0.2, 0) is 11.2 Å². The third-order valence-electron chi connectivity index (χ3n) is 3.64. The Kier molecular flexibility index (Phi) is 6.26. The molecule has 0 saturated heterocycles. The Morgan fingerprint density at radius 3 is 3.05 bits per heavy atom. The predicted octanol–water partition coefficient (Wildman–Crippen LogP) is 3.45. The normalized spacial score (nSPS) is 22.9. The average Bonchev–Trinajstić information content (AvgIpc) is 2.43. The van der Waals surface area contributed by atoms with Gasteiger partial charge in [-0.05, 0) is 41.5 Å². The van der Waals surface area contributed by atoms with E-state index in [0.717, 1.165) is 37.7 Å². The summed E-state index contributed by atoms with van der Waals surface area (Å²) < 4.78 is 9.17. The lowest BCUT2D eigenvalue weighted by Crippen LogP contribution is -2.44. The Morgan fingerprint density at radius 2 is 2.35 bits per heavy atom. The van der Waals surface area contributed by atoms with E-state index in [9.17, 15) is 4.79 Å². The molecule has 1 N–H and O–H groups in total. The number of hydrogen-bond donors (Lipinski definition) is 2. The molecular formula is C15H21NO2S2. The molecule has 1 aromatic rings. The fraction of sp³-hybridized carbons (Fsp3) is 0.533. The highest BCUT2D eigenvalue weighted by Gasteiger charge is 2.30. The molecule has 1 unspecified atom stereocenters. The van der Waals surface area contributed by atoms with E-state index in [4.69, 9.17) is 4.74 Å². The summed E-state index contributed by atoms with van der Waals surface area (Å²) in [7, 11) is 1.37. The largest absolute Gasteiger partial charge is 0.490 e. The van der Waals surface area contributed by atoms with Gasteiger partial charge in [0.2, 0.25) is 0 Å². The molecule has 110 valence electrons. The third-order valence-corrected chi connectivity index (χ3v) is 4.39. The minimum absolute atomic E-state index is 0.122. The van der Waals surface area contributed by atoms with Crippen LogP contribution >= 0.6 is 22.6 Å². The second-order valence-corrected chi connectivity index (χ2v) is 6.38. The number of aryl methyl sites for hydroxylation is 1. The molecule has 1 aliphatic rings. The summed E-state index contributed by atoms with van der Waals surface area (Å²) in [4.78, 5) is 10.6. The van der Waals surface area contributed by atoms with Crippen LogP contribution in [0.2, 0.25) is 0 Å². The molecule has 5 heteroatoms. The molecule has 0 heterocycles. The van der Waals surface area contributed by atoms with Crippen molar-refractivity contribution < 1.29 is 9.53 Å². The topological polar surface area (TPSA) is 38.3 Å². The van der Waals surface area contributed by atoms with Crippen molar-refractivity contribution >= 4 is 28.9 Å². The van der Waals surface area contributed by atoms with Crippen LogP contribution in [0.5, 0.6) is 5.75 Å². The van der Waals surface area contributed by atoms with Gasteiger partial charge in [-0.15, -0.1) is 0 Å². The van der Waals surface area contributed by atoms with E-state index in [1.807, 2.05) is 19.1 Å². The lowest BCUT2D eigenvalue weighted by atomic mass is 9.90. The highest BCUT2D eigenvalue weighted by Crippen LogP contribution is 2.28. The van der Waals surface area contributed by atoms with Gasteiger partial charge in [-0.2, -0.15) is 0 Å². The molecule has 1 atom stereocenters. The summed E-state index contributed by atoms with van der Waals surface area (Å²) in [5.74, 6) is 1.06. The van der Waals surface area contributed by atoms with Crippen molar-refractivity contribution in [1.82, 2.24) is 4.72 Å². The van der Waals surface area contributed by atoms with Gasteiger partial charge in [0.25, 0.3) is 0 Å². The number of benzene rings is 1. The van der Waals surface area contributed by atoms with E-state index in [1.54, 1.807) is 0 Å². The van der Waals surface area contributed by atoms with Crippen LogP contribution in [0, 0.1) is 5.92 Å². The number of carbonyl (C=O) groups excluding carboxylic acids is 1. The minimum Gasteiger partial charge on any atom is -0.490 e. The second kappa shape index (κ2) is 7.96. The molecule has 1 saturated carbocycles. The lowest BCUT2D eigenvalue weighted by Gasteiger charge is -2.35. The van der Waals surface area contributed by atoms with Crippen molar-refractivity contribution in [3.8, 4) is 5.75 Å². The van der Waals surface area contributed by atoms with Crippen molar-refractivity contribution in [2.24, 2.45) is 5.92 Å². The van der Waals surface area contributed by atoms with Gasteiger partial charge < -0.3 is 9.53 Å². The fourth-order valence-corrected chi connectivity index (χ4v) is 3.05. The van der Waals surface area contributed by atoms with Crippen LogP contribution in [0.4, 0.5) is 0 Å². The molecule has 20 heavy (non-hydrogen) atoms. The number of carbonyl (C=O) groups is 1. The summed E-state index contributed by atoms with van der Waals surface area (Å²) in [6.07, 6.45) is 5.18. The first-order valence-corrected chi connectivity index (χ1v) is 8.85. The zero-order chi connectivity index (χ0) is 14.4. The van der Waals surface area contributed by atoms with E-state index in [0.29, 0.717) is 12.1 Å². The first kappa shape index (κ1) is 15.7. The first-order chi connectivity index (χ1) is 9.71. The van der Waals surface area contributed by atoms with Crippen molar-refractivity contribution in [3.05, 3.63) is 29.8 Å². The Balaban J connectivity index is 1.79. The molecule has 3 nitrogen and oxygen atoms in total. The molecule has 0 aliphatic heterocycles. The molecule has 1 fully saturated rings. The van der Waals surface area contributed by atoms with Crippen LogP contribution < -0.4 is 9.46 Å². The number of rotatable bonds is 8. The smallest absolute Gasteiger partial charge is 0.122 e. The number of thiol groups is 1. The Bertz CT molecular complexity index is 436. The van der Waals surface area contributed by atoms with Gasteiger partial charge in [0, 0.05) is 24.8 Å². The Labute approximate surface area is 129 Å². The van der Waals surface area contributed by atoms with Crippen molar-refractivity contribution in [1.29, 1.82) is 0 Å². The third kappa shape index (κ3) is 4.72. The Hall–Kier alpha value is -0.650. The van der Waals surface area contributed by atoms with Gasteiger partial charge in [0.15, 0.2) is 0 Å². The number of hydrogen-bond acceptors (Lipinski definition) is 5. The van der Waals surface area contributed by atoms with Crippen LogP contribution in [0.15, 0.2) is 24.3 Å². The highest BCUT2D eigenvalue weighted by atomic mass is 33.1. The standard InChI is InChI=1S/C15H21NO2S2/c1-11(10-17)5-6-12-3-2-4-14(7-12)18-15-8-13(9-15)16-20-19/h2-4,7,10-11,13,15-16,19H,5-6,8-9H2,1H3/t11?,13-,15-. The van der Waals surface area contributed by atoms with E-state index in [1.165, 1.54) is 16.5 Å². The molecule has 0 bridgehead atoms. The second-order valence-electron chi connectivity index (χ2n) is 5.42. The quantitative estimate of drug-likeness (QED) is 0.334. The van der Waals surface area contributed by atoms with Crippen LogP contribution in [0.1, 0.15) is 31.7 Å². The minimum atomic E-state index is 0.122. The summed E-state index contributed by atoms with van der Waals surface area (Å²) in [6, 6.07) is 8.72. The zero-order valence-corrected chi connectivity index (χ0v) is 13.3. The summed E-state index contributed by atoms with van der Waals surface area (Å²) in [5.41, 5.74) is 1.23. The van der Waals surface area contributed by atoms with E-state index in [2.05, 4.69) is 28.5 Å². The maximum Gasteiger partial charge on any atom is 0.122 e. The molecule has 0 radical (unpaired) electrons. The van der Waals surface area contributed by atoms with Crippen molar-refractivity contribution in [2.75, 3.05) is 0 Å². The summed E-state index contributed by atoms with van der Waals surface area (Å²) in [6.45, 7) is 1.95. The van der Waals surface area contributed by atoms with Gasteiger partial charge in [-0.1, -0.05) is 30.7 Å². The van der Waals surface area contributed by atoms with Gasteiger partial charge in [0.1, 0.15) is 18.1 Å². The first-order valence-electron chi connectivity index (χ1n) is 6.98. The molecule has 0 spiro atoms. The van der Waals surface area contributed by atoms with Crippen LogP contribution in [-0.4, -0.2) is 18.4 Å². The highest BCUT2D eigenvalue weighted by molar-refractivity contribution is 8.67. The predicted molar refractivity (Wildman–Crippen MR) is 87.1 cm³/mol. The van der Waals surface area contributed by atoms with Crippen molar-refractivity contribution in [3.63, 3.8) is 0 Å². The molecule has 0 amide bonds. The van der Waals surface area contributed by atoms with Crippen LogP contribution in [0.25, 0.3) is 0 Å². The SMILES string of the molecule is CC(C=O)CCc1cccc(O[C@H]2C[C@H](NSS)C2)c1. The average molecular weight is 311 g/mol. The van der Waals surface area contributed by atoms with E-state index < -0.39 is 0 Å². The van der Waals surface area contributed by atoms with E-state index >= 15 is 0 Å². The van der Waals surface area contributed by atoms with Crippen molar-refractivity contribution in [2.45, 2.75) is 44.8 Å². The van der Waals surface area contributed by atoms with Gasteiger partial charge in [-0.25, -0.2) is 0 Å². The van der Waals surface area contributed by atoms with Gasteiger partial charge in [0.05, 0.1) is 0 Å². The zero-order valence-electron chi connectivity index (χ0n) is 11.6. The summed E-state index contributed by atoms with van der Waals surface area (Å²) >= 11 is 4.08. The molecule has 1 aliphatic carbocycles. The monoisotopic (exact) mass is 311 g/mol. The molecule has 2 rings (SSSR count). The number of ether oxygens (including phenoxy) is 1. The maximum absolute atomic E-state index is 10.6. The van der Waals surface area contributed by atoms with Crippen LogP contribution in [0.3, 0.4) is 0 Å². The summed E-state index contributed by atoms with van der Waals surface area (Å²) in [5, 5.41) is 0. The number of nitrogens with one attached hydrogen (secondary N) is 1. The Morgan fingerprint density at radius 1 is 1.55 bits per heavy atom.